The molecule has 0 saturated carbocycles. The van der Waals surface area contributed by atoms with Crippen molar-refractivity contribution in [2.45, 2.75) is 6.42 Å². The van der Waals surface area contributed by atoms with Crippen LogP contribution < -0.4 is 0 Å². The number of nitrogens with zero attached hydrogens (tertiary/aromatic N) is 1. The maximum absolute atomic E-state index is 8.02. The molecular formula is C6H9NS. The Morgan fingerprint density at radius 3 is 3.00 bits per heavy atom. The van der Waals surface area contributed by atoms with Gasteiger partial charge in [0.1, 0.15) is 0 Å². The Kier molecular flexibility index (Phi) is 6.23. The molecule has 0 aliphatic heterocycles. The summed E-state index contributed by atoms with van der Waals surface area (Å²) in [6.07, 6.45) is 6.47. The standard InChI is InChI=1S/C6H9NS/c1-8-6-4-2-3-5-7/h2-3H,4,6H2,1H3. The monoisotopic (exact) mass is 127 g/mol. The minimum atomic E-state index is 1.01. The quantitative estimate of drug-likeness (QED) is 0.426. The molecule has 0 saturated heterocycles. The second-order valence-electron chi connectivity index (χ2n) is 1.31. The van der Waals surface area contributed by atoms with Gasteiger partial charge >= 0.3 is 0 Å². The Morgan fingerprint density at radius 2 is 2.50 bits per heavy atom. The lowest BCUT2D eigenvalue weighted by Crippen LogP contribution is -1.69. The molecule has 0 N–H and O–H groups in total. The fraction of sp³-hybridized carbons (Fsp3) is 0.500. The van der Waals surface area contributed by atoms with Gasteiger partial charge in [0.15, 0.2) is 0 Å². The number of nitriles is 1. The van der Waals surface area contributed by atoms with Gasteiger partial charge in [0.05, 0.1) is 6.07 Å². The zero-order chi connectivity index (χ0) is 6.24. The smallest absolute Gasteiger partial charge is 0.0908 e. The molecule has 0 atom stereocenters. The highest BCUT2D eigenvalue weighted by Crippen LogP contribution is 1.94. The lowest BCUT2D eigenvalue weighted by Gasteiger charge is -1.83. The largest absolute Gasteiger partial charge is 0.193 e. The van der Waals surface area contributed by atoms with Crippen LogP contribution in [0.5, 0.6) is 0 Å². The van der Waals surface area contributed by atoms with E-state index in [1.54, 1.807) is 11.8 Å². The van der Waals surface area contributed by atoms with E-state index in [9.17, 15) is 0 Å². The first-order valence-corrected chi connectivity index (χ1v) is 3.84. The molecule has 0 aliphatic carbocycles. The zero-order valence-electron chi connectivity index (χ0n) is 4.92. The van der Waals surface area contributed by atoms with E-state index < -0.39 is 0 Å². The van der Waals surface area contributed by atoms with Crippen LogP contribution in [0.3, 0.4) is 0 Å². The Labute approximate surface area is 54.4 Å². The molecule has 0 aliphatic rings. The summed E-state index contributed by atoms with van der Waals surface area (Å²) in [5.41, 5.74) is 0. The predicted octanol–water partition coefficient (Wildman–Crippen LogP) is 1.82. The molecule has 44 valence electrons. The first-order chi connectivity index (χ1) is 3.91. The SMILES string of the molecule is CSCCC=CC#N. The van der Waals surface area contributed by atoms with Gasteiger partial charge in [0, 0.05) is 6.08 Å². The van der Waals surface area contributed by atoms with Gasteiger partial charge in [-0.05, 0) is 18.4 Å². The van der Waals surface area contributed by atoms with Crippen molar-refractivity contribution in [3.05, 3.63) is 12.2 Å². The first-order valence-electron chi connectivity index (χ1n) is 2.45. The van der Waals surface area contributed by atoms with Crippen LogP contribution in [-0.2, 0) is 0 Å². The number of rotatable bonds is 3. The van der Waals surface area contributed by atoms with E-state index in [1.807, 2.05) is 12.1 Å². The molecule has 0 radical (unpaired) electrons. The van der Waals surface area contributed by atoms with Crippen LogP contribution in [0.1, 0.15) is 6.42 Å². The van der Waals surface area contributed by atoms with E-state index in [4.69, 9.17) is 5.26 Å². The van der Waals surface area contributed by atoms with Crippen molar-refractivity contribution in [1.82, 2.24) is 0 Å². The van der Waals surface area contributed by atoms with Crippen molar-refractivity contribution in [2.75, 3.05) is 12.0 Å². The molecule has 0 aromatic carbocycles. The highest BCUT2D eigenvalue weighted by Gasteiger charge is 1.74. The lowest BCUT2D eigenvalue weighted by molar-refractivity contribution is 1.25. The first kappa shape index (κ1) is 7.58. The lowest BCUT2D eigenvalue weighted by atomic mass is 10.4. The summed E-state index contributed by atoms with van der Waals surface area (Å²) < 4.78 is 0. The average molecular weight is 127 g/mol. The second-order valence-corrected chi connectivity index (χ2v) is 2.30. The van der Waals surface area contributed by atoms with Gasteiger partial charge in [0.25, 0.3) is 0 Å². The molecule has 0 aromatic heterocycles. The van der Waals surface area contributed by atoms with Crippen molar-refractivity contribution in [1.29, 1.82) is 5.26 Å². The van der Waals surface area contributed by atoms with Gasteiger partial charge in [-0.1, -0.05) is 6.08 Å². The molecule has 0 fully saturated rings. The summed E-state index contributed by atoms with van der Waals surface area (Å²) in [7, 11) is 0. The van der Waals surface area contributed by atoms with Crippen molar-refractivity contribution in [2.24, 2.45) is 0 Å². The van der Waals surface area contributed by atoms with Crippen molar-refractivity contribution in [3.8, 4) is 6.07 Å². The third-order valence-electron chi connectivity index (χ3n) is 0.681. The van der Waals surface area contributed by atoms with E-state index in [2.05, 4.69) is 6.26 Å². The molecule has 0 rings (SSSR count). The van der Waals surface area contributed by atoms with Crippen LogP contribution in [0, 0.1) is 11.3 Å². The number of hydrogen-bond acceptors (Lipinski definition) is 2. The second kappa shape index (κ2) is 6.58. The van der Waals surface area contributed by atoms with Crippen molar-refractivity contribution >= 4 is 11.8 Å². The normalized spacial score (nSPS) is 9.50. The van der Waals surface area contributed by atoms with Gasteiger partial charge in [-0.3, -0.25) is 0 Å². The van der Waals surface area contributed by atoms with E-state index in [1.165, 1.54) is 6.08 Å². The Hall–Kier alpha value is -0.420. The fourth-order valence-corrected chi connectivity index (χ4v) is 0.694. The Morgan fingerprint density at radius 1 is 1.75 bits per heavy atom. The van der Waals surface area contributed by atoms with E-state index in [0.29, 0.717) is 0 Å². The molecule has 0 spiro atoms. The van der Waals surface area contributed by atoms with Gasteiger partial charge in [-0.15, -0.1) is 0 Å². The summed E-state index contributed by atoms with van der Waals surface area (Å²) in [6.45, 7) is 0. The van der Waals surface area contributed by atoms with Gasteiger partial charge < -0.3 is 0 Å². The minimum absolute atomic E-state index is 1.01. The van der Waals surface area contributed by atoms with E-state index in [0.717, 1.165) is 12.2 Å². The third kappa shape index (κ3) is 5.58. The van der Waals surface area contributed by atoms with Gasteiger partial charge in [0.2, 0.25) is 0 Å². The van der Waals surface area contributed by atoms with Crippen molar-refractivity contribution < 1.29 is 0 Å². The minimum Gasteiger partial charge on any atom is -0.193 e. The number of thioether (sulfide) groups is 1. The van der Waals surface area contributed by atoms with Crippen LogP contribution in [0.4, 0.5) is 0 Å². The van der Waals surface area contributed by atoms with Crippen LogP contribution in [0.2, 0.25) is 0 Å². The van der Waals surface area contributed by atoms with Gasteiger partial charge in [-0.25, -0.2) is 0 Å². The molecule has 0 bridgehead atoms. The molecule has 2 heteroatoms. The summed E-state index contributed by atoms with van der Waals surface area (Å²) in [4.78, 5) is 0. The number of hydrogen-bond donors (Lipinski definition) is 0. The maximum Gasteiger partial charge on any atom is 0.0908 e. The molecule has 0 aromatic rings. The highest BCUT2D eigenvalue weighted by atomic mass is 32.2. The highest BCUT2D eigenvalue weighted by molar-refractivity contribution is 7.98. The molecule has 0 unspecified atom stereocenters. The van der Waals surface area contributed by atoms with E-state index >= 15 is 0 Å². The number of allylic oxidation sites excluding steroid dienone is 2. The summed E-state index contributed by atoms with van der Waals surface area (Å²) in [5.74, 6) is 1.11. The zero-order valence-corrected chi connectivity index (χ0v) is 5.74. The summed E-state index contributed by atoms with van der Waals surface area (Å²) in [5, 5.41) is 8.02. The van der Waals surface area contributed by atoms with E-state index in [-0.39, 0.29) is 0 Å². The summed E-state index contributed by atoms with van der Waals surface area (Å²) in [6, 6.07) is 1.94. The molecule has 8 heavy (non-hydrogen) atoms. The molecule has 0 heterocycles. The topological polar surface area (TPSA) is 23.8 Å². The van der Waals surface area contributed by atoms with Crippen molar-refractivity contribution in [3.63, 3.8) is 0 Å². The average Bonchev–Trinajstić information content (AvgIpc) is 1.81. The maximum atomic E-state index is 8.02. The van der Waals surface area contributed by atoms with Crippen LogP contribution >= 0.6 is 11.8 Å². The molecule has 1 nitrogen and oxygen atoms in total. The predicted molar refractivity (Wildman–Crippen MR) is 37.8 cm³/mol. The van der Waals surface area contributed by atoms with Crippen LogP contribution in [0.15, 0.2) is 12.2 Å². The molecule has 0 amide bonds. The van der Waals surface area contributed by atoms with Crippen LogP contribution in [0.25, 0.3) is 0 Å². The molecular weight excluding hydrogens is 118 g/mol. The summed E-state index contributed by atoms with van der Waals surface area (Å²) >= 11 is 1.79. The van der Waals surface area contributed by atoms with Crippen LogP contribution in [-0.4, -0.2) is 12.0 Å². The fourth-order valence-electron chi connectivity index (χ4n) is 0.322. The Bertz CT molecular complexity index is 102. The third-order valence-corrected chi connectivity index (χ3v) is 1.32. The Balaban J connectivity index is 2.94. The van der Waals surface area contributed by atoms with Gasteiger partial charge in [-0.2, -0.15) is 17.0 Å².